The molecule has 0 spiro atoms. The van der Waals surface area contributed by atoms with E-state index in [0.29, 0.717) is 13.1 Å². The number of aromatic amines is 1. The largest absolute Gasteiger partial charge is 0.573 e. The fraction of sp³-hybridized carbons (Fsp3) is 0.176. The van der Waals surface area contributed by atoms with E-state index in [1.807, 2.05) is 12.1 Å². The average Bonchev–Trinajstić information content (AvgIpc) is 3.04. The first-order valence-corrected chi connectivity index (χ1v) is 7.49. The number of rotatable bonds is 6. The Balaban J connectivity index is 1.56. The Labute approximate surface area is 141 Å². The second-order valence-corrected chi connectivity index (χ2v) is 5.31. The normalized spacial score (nSPS) is 11.5. The number of pyridine rings is 1. The molecule has 2 heterocycles. The van der Waals surface area contributed by atoms with Crippen molar-refractivity contribution in [3.63, 3.8) is 0 Å². The van der Waals surface area contributed by atoms with Crippen LogP contribution in [0.2, 0.25) is 0 Å². The van der Waals surface area contributed by atoms with E-state index in [-0.39, 0.29) is 5.75 Å². The highest BCUT2D eigenvalue weighted by Crippen LogP contribution is 2.23. The first-order chi connectivity index (χ1) is 12.0. The van der Waals surface area contributed by atoms with E-state index in [1.54, 1.807) is 30.7 Å². The maximum absolute atomic E-state index is 12.1. The summed E-state index contributed by atoms with van der Waals surface area (Å²) in [6.45, 7) is 1.06. The predicted octanol–water partition coefficient (Wildman–Crippen LogP) is 3.66. The van der Waals surface area contributed by atoms with Gasteiger partial charge in [0.1, 0.15) is 5.75 Å². The van der Waals surface area contributed by atoms with Crippen LogP contribution < -0.4 is 10.1 Å². The summed E-state index contributed by atoms with van der Waals surface area (Å²) < 4.78 is 40.2. The first kappa shape index (κ1) is 17.0. The van der Waals surface area contributed by atoms with E-state index in [1.165, 1.54) is 12.1 Å². The van der Waals surface area contributed by atoms with Crippen LogP contribution in [0.25, 0.3) is 11.3 Å². The van der Waals surface area contributed by atoms with Gasteiger partial charge in [-0.3, -0.25) is 10.1 Å². The molecule has 1 aromatic carbocycles. The smallest absolute Gasteiger partial charge is 0.406 e. The average molecular weight is 348 g/mol. The fourth-order valence-electron chi connectivity index (χ4n) is 2.36. The molecule has 5 nitrogen and oxygen atoms in total. The minimum atomic E-state index is -4.68. The van der Waals surface area contributed by atoms with Crippen LogP contribution in [0.3, 0.4) is 0 Å². The van der Waals surface area contributed by atoms with Gasteiger partial charge in [-0.2, -0.15) is 5.10 Å². The lowest BCUT2D eigenvalue weighted by Crippen LogP contribution is -2.17. The van der Waals surface area contributed by atoms with Gasteiger partial charge in [-0.15, -0.1) is 13.2 Å². The van der Waals surface area contributed by atoms with Gasteiger partial charge in [-0.25, -0.2) is 0 Å². The van der Waals surface area contributed by atoms with Gasteiger partial charge in [-0.05, 0) is 29.8 Å². The van der Waals surface area contributed by atoms with Gasteiger partial charge in [0.25, 0.3) is 0 Å². The molecule has 0 aliphatic rings. The summed E-state index contributed by atoms with van der Waals surface area (Å²) in [5.74, 6) is -0.232. The molecule has 2 N–H and O–H groups in total. The number of H-pyrrole nitrogens is 1. The molecule has 0 saturated heterocycles. The third-order valence-electron chi connectivity index (χ3n) is 3.47. The van der Waals surface area contributed by atoms with Gasteiger partial charge in [-0.1, -0.05) is 12.1 Å². The lowest BCUT2D eigenvalue weighted by Gasteiger charge is -2.10. The molecule has 0 amide bonds. The quantitative estimate of drug-likeness (QED) is 0.714. The van der Waals surface area contributed by atoms with Gasteiger partial charge in [0, 0.05) is 36.6 Å². The van der Waals surface area contributed by atoms with Crippen molar-refractivity contribution in [2.24, 2.45) is 0 Å². The van der Waals surface area contributed by atoms with Crippen LogP contribution in [0.5, 0.6) is 5.75 Å². The van der Waals surface area contributed by atoms with Crippen molar-refractivity contribution < 1.29 is 17.9 Å². The molecular weight excluding hydrogens is 333 g/mol. The van der Waals surface area contributed by atoms with Crippen molar-refractivity contribution in [2.45, 2.75) is 19.5 Å². The van der Waals surface area contributed by atoms with Crippen LogP contribution in [0.15, 0.2) is 55.0 Å². The zero-order chi connectivity index (χ0) is 17.7. The summed E-state index contributed by atoms with van der Waals surface area (Å²) in [6, 6.07) is 9.55. The zero-order valence-electron chi connectivity index (χ0n) is 13.0. The number of benzene rings is 1. The van der Waals surface area contributed by atoms with Crippen molar-refractivity contribution in [2.75, 3.05) is 0 Å². The van der Waals surface area contributed by atoms with E-state index in [0.717, 1.165) is 22.4 Å². The lowest BCUT2D eigenvalue weighted by molar-refractivity contribution is -0.274. The molecule has 8 heteroatoms. The summed E-state index contributed by atoms with van der Waals surface area (Å²) in [5.41, 5.74) is 3.64. The second kappa shape index (κ2) is 7.35. The molecular formula is C17H15F3N4O. The predicted molar refractivity (Wildman–Crippen MR) is 85.5 cm³/mol. The van der Waals surface area contributed by atoms with E-state index >= 15 is 0 Å². The standard InChI is InChI=1S/C17H15F3N4O/c18-17(19,20)25-15-5-3-12(4-6-15)8-22-10-14-11-23-24-16(14)13-2-1-7-21-9-13/h1-7,9,11,22H,8,10H2,(H,23,24). The molecule has 0 aliphatic heterocycles. The van der Waals surface area contributed by atoms with E-state index in [2.05, 4.69) is 25.2 Å². The van der Waals surface area contributed by atoms with Crippen LogP contribution in [-0.4, -0.2) is 21.5 Å². The monoisotopic (exact) mass is 348 g/mol. The molecule has 2 aromatic heterocycles. The van der Waals surface area contributed by atoms with Gasteiger partial charge >= 0.3 is 6.36 Å². The highest BCUT2D eigenvalue weighted by Gasteiger charge is 2.30. The maximum atomic E-state index is 12.1. The van der Waals surface area contributed by atoms with Gasteiger partial charge in [0.15, 0.2) is 0 Å². The SMILES string of the molecule is FC(F)(F)Oc1ccc(CNCc2cn[nH]c2-c2cccnc2)cc1. The van der Waals surface area contributed by atoms with Crippen LogP contribution in [0, 0.1) is 0 Å². The highest BCUT2D eigenvalue weighted by atomic mass is 19.4. The Morgan fingerprint density at radius 2 is 1.84 bits per heavy atom. The number of ether oxygens (including phenoxy) is 1. The van der Waals surface area contributed by atoms with Crippen LogP contribution in [0.4, 0.5) is 13.2 Å². The molecule has 25 heavy (non-hydrogen) atoms. The number of nitrogens with one attached hydrogen (secondary N) is 2. The van der Waals surface area contributed by atoms with Gasteiger partial charge in [0.2, 0.25) is 0 Å². The van der Waals surface area contributed by atoms with E-state index < -0.39 is 6.36 Å². The van der Waals surface area contributed by atoms with Crippen molar-refractivity contribution >= 4 is 0 Å². The molecule has 0 aliphatic carbocycles. The van der Waals surface area contributed by atoms with Crippen LogP contribution in [0.1, 0.15) is 11.1 Å². The topological polar surface area (TPSA) is 62.8 Å². The molecule has 0 unspecified atom stereocenters. The van der Waals surface area contributed by atoms with Crippen LogP contribution in [-0.2, 0) is 13.1 Å². The number of aromatic nitrogens is 3. The first-order valence-electron chi connectivity index (χ1n) is 7.49. The highest BCUT2D eigenvalue weighted by molar-refractivity contribution is 5.61. The molecule has 0 fully saturated rings. The maximum Gasteiger partial charge on any atom is 0.573 e. The summed E-state index contributed by atoms with van der Waals surface area (Å²) in [7, 11) is 0. The molecule has 130 valence electrons. The number of alkyl halides is 3. The van der Waals surface area contributed by atoms with Gasteiger partial charge < -0.3 is 10.1 Å². The molecule has 0 saturated carbocycles. The molecule has 0 bridgehead atoms. The molecule has 3 aromatic rings. The third kappa shape index (κ3) is 4.80. The Bertz CT molecular complexity index is 801. The van der Waals surface area contributed by atoms with Crippen molar-refractivity contribution in [3.05, 3.63) is 66.1 Å². The molecule has 3 rings (SSSR count). The molecule has 0 radical (unpaired) electrons. The Morgan fingerprint density at radius 1 is 1.04 bits per heavy atom. The summed E-state index contributed by atoms with van der Waals surface area (Å²) >= 11 is 0. The number of nitrogens with zero attached hydrogens (tertiary/aromatic N) is 2. The minimum absolute atomic E-state index is 0.232. The van der Waals surface area contributed by atoms with Crippen LogP contribution >= 0.6 is 0 Å². The lowest BCUT2D eigenvalue weighted by atomic mass is 10.1. The number of hydrogen-bond donors (Lipinski definition) is 2. The number of halogens is 3. The van der Waals surface area contributed by atoms with E-state index in [9.17, 15) is 13.2 Å². The Kier molecular flexibility index (Phi) is 4.99. The Hall–Kier alpha value is -2.87. The summed E-state index contributed by atoms with van der Waals surface area (Å²) in [4.78, 5) is 4.08. The molecule has 0 atom stereocenters. The van der Waals surface area contributed by atoms with Crippen molar-refractivity contribution in [3.8, 4) is 17.0 Å². The summed E-state index contributed by atoms with van der Waals surface area (Å²) in [6.07, 6.45) is 0.500. The third-order valence-corrected chi connectivity index (χ3v) is 3.47. The zero-order valence-corrected chi connectivity index (χ0v) is 13.0. The Morgan fingerprint density at radius 3 is 2.52 bits per heavy atom. The summed E-state index contributed by atoms with van der Waals surface area (Å²) in [5, 5.41) is 10.2. The van der Waals surface area contributed by atoms with Crippen molar-refractivity contribution in [1.82, 2.24) is 20.5 Å². The minimum Gasteiger partial charge on any atom is -0.406 e. The van der Waals surface area contributed by atoms with E-state index in [4.69, 9.17) is 0 Å². The number of hydrogen-bond acceptors (Lipinski definition) is 4. The van der Waals surface area contributed by atoms with Gasteiger partial charge in [0.05, 0.1) is 11.9 Å². The second-order valence-electron chi connectivity index (χ2n) is 5.31. The fourth-order valence-corrected chi connectivity index (χ4v) is 2.36. The van der Waals surface area contributed by atoms with Crippen molar-refractivity contribution in [1.29, 1.82) is 0 Å².